The first-order valence-corrected chi connectivity index (χ1v) is 43.0. The maximum absolute atomic E-state index is 12.9. The zero-order valence-electron chi connectivity index (χ0n) is 66.2. The van der Waals surface area contributed by atoms with Crippen molar-refractivity contribution in [2.45, 2.75) is 341 Å². The highest BCUT2D eigenvalue weighted by Gasteiger charge is 2.22. The highest BCUT2D eigenvalue weighted by molar-refractivity contribution is 7.45. The van der Waals surface area contributed by atoms with E-state index in [0.29, 0.717) is 17.4 Å². The number of phosphoric acid groups is 1. The van der Waals surface area contributed by atoms with Gasteiger partial charge >= 0.3 is 11.9 Å². The number of esters is 2. The van der Waals surface area contributed by atoms with Crippen molar-refractivity contribution in [3.05, 3.63) is 182 Å². The molecule has 0 fully saturated rings. The fourth-order valence-electron chi connectivity index (χ4n) is 11.2. The second-order valence-corrected chi connectivity index (χ2v) is 29.8. The lowest BCUT2D eigenvalue weighted by atomic mass is 10.0. The summed E-state index contributed by atoms with van der Waals surface area (Å²) in [6.07, 6.45) is 123. The van der Waals surface area contributed by atoms with Crippen molar-refractivity contribution in [3.63, 3.8) is 0 Å². The van der Waals surface area contributed by atoms with Crippen LogP contribution in [-0.2, 0) is 32.7 Å². The standard InChI is InChI=1S/C92H154NO8P/c1-6-8-10-12-14-16-18-20-22-24-26-28-30-32-34-36-38-40-42-44-45-46-47-49-50-52-54-56-58-60-62-64-66-68-70-72-74-76-78-80-82-84-91(94)98-88-90(89-100-102(96,97)99-87-86-93(3,4)5)101-92(95)85-83-81-79-77-75-73-71-69-67-65-63-61-59-57-55-53-51-48-43-41-39-37-35-33-31-29-27-25-23-21-19-17-15-13-11-9-7-2/h8-11,14-17,20-23,26-29,32-35,38-41,44-45,48,51,55,57,90H,6-7,12-13,18-19,24-25,30-31,36-37,42-43,46-47,49-50,52-54,56,58-89H2,1-5H3/b10-8-,11-9-,16-14-,17-15-,22-20-,23-21-,28-26-,29-27-,34-32-,35-33-,40-38-,41-39-,45-44-,51-48-,57-55-. The second kappa shape index (κ2) is 80.2. The van der Waals surface area contributed by atoms with E-state index in [4.69, 9.17) is 18.5 Å². The molecule has 0 saturated carbocycles. The average molecular weight is 1430 g/mol. The Morgan fingerprint density at radius 3 is 0.784 bits per heavy atom. The van der Waals surface area contributed by atoms with Gasteiger partial charge in [-0.1, -0.05) is 369 Å². The molecule has 2 atom stereocenters. The highest BCUT2D eigenvalue weighted by Crippen LogP contribution is 2.38. The molecule has 580 valence electrons. The number of quaternary nitrogens is 1. The minimum absolute atomic E-state index is 0.0370. The average Bonchev–Trinajstić information content (AvgIpc) is 0.913. The molecule has 0 aromatic rings. The number of phosphoric ester groups is 1. The summed E-state index contributed by atoms with van der Waals surface area (Å²) in [5, 5.41) is 0. The normalized spacial score (nSPS) is 14.0. The van der Waals surface area contributed by atoms with Gasteiger partial charge in [-0.15, -0.1) is 0 Å². The van der Waals surface area contributed by atoms with Crippen LogP contribution in [0.1, 0.15) is 335 Å². The number of allylic oxidation sites excluding steroid dienone is 30. The van der Waals surface area contributed by atoms with Crippen molar-refractivity contribution < 1.29 is 42.1 Å². The van der Waals surface area contributed by atoms with Gasteiger partial charge in [0.15, 0.2) is 6.10 Å². The van der Waals surface area contributed by atoms with E-state index in [1.807, 2.05) is 21.1 Å². The summed E-state index contributed by atoms with van der Waals surface area (Å²) in [6.45, 7) is 4.02. The summed E-state index contributed by atoms with van der Waals surface area (Å²) in [7, 11) is 1.16. The number of unbranched alkanes of at least 4 members (excludes halogenated alkanes) is 31. The van der Waals surface area contributed by atoms with Gasteiger partial charge in [0.25, 0.3) is 7.82 Å². The Labute approximate surface area is 629 Å². The van der Waals surface area contributed by atoms with Gasteiger partial charge in [-0.05, 0) is 135 Å². The van der Waals surface area contributed by atoms with E-state index in [2.05, 4.69) is 196 Å². The number of hydrogen-bond donors (Lipinski definition) is 0. The molecule has 0 heterocycles. The molecule has 9 nitrogen and oxygen atoms in total. The Morgan fingerprint density at radius 1 is 0.304 bits per heavy atom. The number of nitrogens with zero attached hydrogens (tertiary/aromatic N) is 1. The molecule has 0 spiro atoms. The lowest BCUT2D eigenvalue weighted by molar-refractivity contribution is -0.870. The van der Waals surface area contributed by atoms with E-state index >= 15 is 0 Å². The maximum Gasteiger partial charge on any atom is 0.306 e. The van der Waals surface area contributed by atoms with Crippen LogP contribution in [0.5, 0.6) is 0 Å². The fraction of sp³-hybridized carbons (Fsp3) is 0.652. The van der Waals surface area contributed by atoms with E-state index in [9.17, 15) is 19.0 Å². The van der Waals surface area contributed by atoms with E-state index in [1.165, 1.54) is 161 Å². The molecule has 102 heavy (non-hydrogen) atoms. The van der Waals surface area contributed by atoms with Crippen molar-refractivity contribution in [1.82, 2.24) is 0 Å². The first-order valence-electron chi connectivity index (χ1n) is 41.5. The van der Waals surface area contributed by atoms with Crippen molar-refractivity contribution >= 4 is 19.8 Å². The monoisotopic (exact) mass is 1430 g/mol. The minimum atomic E-state index is -4.66. The van der Waals surface area contributed by atoms with Gasteiger partial charge in [0.2, 0.25) is 0 Å². The fourth-order valence-corrected chi connectivity index (χ4v) is 11.9. The molecule has 2 unspecified atom stereocenters. The van der Waals surface area contributed by atoms with Gasteiger partial charge in [0.1, 0.15) is 19.8 Å². The number of carbonyl (C=O) groups is 2. The SMILES string of the molecule is CC/C=C\C/C=C\C/C=C\C/C=C\C/C=C\C/C=C\C/C=C\C/C=C\CCCCCCCCCCCCCCC(=O)OC(COC(=O)CCCCCCCCCCCCCCCCCCCCC/C=C\C/C=C\C/C=C\C/C=C\C/C=C\C/C=C\C/C=C\CC)COP(=O)([O-])OCC[N+](C)(C)C. The first-order chi connectivity index (χ1) is 50.0. The number of hydrogen-bond acceptors (Lipinski definition) is 8. The van der Waals surface area contributed by atoms with E-state index < -0.39 is 26.5 Å². The predicted molar refractivity (Wildman–Crippen MR) is 443 cm³/mol. The largest absolute Gasteiger partial charge is 0.756 e. The van der Waals surface area contributed by atoms with Crippen LogP contribution in [0.25, 0.3) is 0 Å². The van der Waals surface area contributed by atoms with Gasteiger partial charge in [-0.2, -0.15) is 0 Å². The Bertz CT molecular complexity index is 2390. The Kier molecular flexibility index (Phi) is 76.4. The number of carbonyl (C=O) groups excluding carboxylic acids is 2. The lowest BCUT2D eigenvalue weighted by Gasteiger charge is -2.28. The van der Waals surface area contributed by atoms with Crippen LogP contribution in [0, 0.1) is 0 Å². The molecule has 0 aliphatic carbocycles. The third-order valence-corrected chi connectivity index (χ3v) is 18.4. The molecule has 0 aromatic carbocycles. The van der Waals surface area contributed by atoms with Gasteiger partial charge in [0, 0.05) is 12.8 Å². The Balaban J connectivity index is 3.99. The van der Waals surface area contributed by atoms with E-state index in [1.54, 1.807) is 0 Å². The predicted octanol–water partition coefficient (Wildman–Crippen LogP) is 27.5. The molecule has 0 N–H and O–H groups in total. The molecule has 0 rings (SSSR count). The van der Waals surface area contributed by atoms with Gasteiger partial charge in [0.05, 0.1) is 27.7 Å². The summed E-state index contributed by atoms with van der Waals surface area (Å²) in [5.74, 6) is -0.833. The minimum Gasteiger partial charge on any atom is -0.756 e. The van der Waals surface area contributed by atoms with Crippen LogP contribution in [0.2, 0.25) is 0 Å². The summed E-state index contributed by atoms with van der Waals surface area (Å²) in [6, 6.07) is 0. The number of likely N-dealkylation sites (N-methyl/N-ethyl adjacent to an activating group) is 1. The Hall–Kier alpha value is -4.89. The van der Waals surface area contributed by atoms with E-state index in [0.717, 1.165) is 141 Å². The quantitative estimate of drug-likeness (QED) is 0.0195. The number of rotatable bonds is 75. The van der Waals surface area contributed by atoms with Crippen LogP contribution in [0.3, 0.4) is 0 Å². The molecule has 0 aliphatic heterocycles. The molecule has 0 saturated heterocycles. The lowest BCUT2D eigenvalue weighted by Crippen LogP contribution is -2.37. The molecule has 0 amide bonds. The van der Waals surface area contributed by atoms with Crippen molar-refractivity contribution in [3.8, 4) is 0 Å². The highest BCUT2D eigenvalue weighted by atomic mass is 31.2. The molecule has 0 radical (unpaired) electrons. The Morgan fingerprint density at radius 2 is 0.529 bits per heavy atom. The topological polar surface area (TPSA) is 111 Å². The third kappa shape index (κ3) is 84.1. The van der Waals surface area contributed by atoms with Crippen molar-refractivity contribution in [2.24, 2.45) is 0 Å². The molecular formula is C92H154NO8P. The first kappa shape index (κ1) is 97.1. The van der Waals surface area contributed by atoms with Gasteiger partial charge in [-0.3, -0.25) is 14.2 Å². The van der Waals surface area contributed by atoms with Gasteiger partial charge < -0.3 is 27.9 Å². The molecule has 0 bridgehead atoms. The molecular weight excluding hydrogens is 1280 g/mol. The zero-order chi connectivity index (χ0) is 74.0. The van der Waals surface area contributed by atoms with Crippen LogP contribution in [0.15, 0.2) is 182 Å². The molecule has 10 heteroatoms. The van der Waals surface area contributed by atoms with E-state index in [-0.39, 0.29) is 32.0 Å². The molecule has 0 aliphatic rings. The summed E-state index contributed by atoms with van der Waals surface area (Å²) in [5.41, 5.74) is 0. The molecule has 0 aromatic heterocycles. The van der Waals surface area contributed by atoms with Crippen molar-refractivity contribution in [2.75, 3.05) is 47.5 Å². The second-order valence-electron chi connectivity index (χ2n) is 28.4. The van der Waals surface area contributed by atoms with Crippen molar-refractivity contribution in [1.29, 1.82) is 0 Å². The summed E-state index contributed by atoms with van der Waals surface area (Å²) in [4.78, 5) is 38.2. The maximum atomic E-state index is 12.9. The third-order valence-electron chi connectivity index (χ3n) is 17.4. The smallest absolute Gasteiger partial charge is 0.306 e. The van der Waals surface area contributed by atoms with Crippen LogP contribution in [-0.4, -0.2) is 70.0 Å². The zero-order valence-corrected chi connectivity index (χ0v) is 67.1. The van der Waals surface area contributed by atoms with Gasteiger partial charge in [-0.25, -0.2) is 0 Å². The summed E-state index contributed by atoms with van der Waals surface area (Å²) >= 11 is 0. The van der Waals surface area contributed by atoms with Crippen LogP contribution >= 0.6 is 7.82 Å². The van der Waals surface area contributed by atoms with Crippen LogP contribution in [0.4, 0.5) is 0 Å². The summed E-state index contributed by atoms with van der Waals surface area (Å²) < 4.78 is 34.4. The van der Waals surface area contributed by atoms with Crippen LogP contribution < -0.4 is 4.89 Å². The number of ether oxygens (including phenoxy) is 2.